The maximum atomic E-state index is 12.6. The molecule has 1 heterocycles. The Morgan fingerprint density at radius 3 is 2.53 bits per heavy atom. The molecule has 0 saturated carbocycles. The molecule has 1 aliphatic rings. The normalized spacial score (nSPS) is 16.2. The molecular weight excluding hydrogens is 380 g/mol. The van der Waals surface area contributed by atoms with Crippen molar-refractivity contribution in [2.24, 2.45) is 5.92 Å². The van der Waals surface area contributed by atoms with Crippen molar-refractivity contribution in [2.45, 2.75) is 64.7 Å². The molecule has 1 aromatic rings. The first-order chi connectivity index (χ1) is 14.5. The second-order valence-electron chi connectivity index (χ2n) is 8.04. The third-order valence-electron chi connectivity index (χ3n) is 5.68. The first kappa shape index (κ1) is 23.9. The van der Waals surface area contributed by atoms with Crippen LogP contribution in [-0.2, 0) is 9.59 Å². The van der Waals surface area contributed by atoms with Gasteiger partial charge in [0.15, 0.2) is 5.78 Å². The summed E-state index contributed by atoms with van der Waals surface area (Å²) in [6.07, 6.45) is 7.42. The fourth-order valence-corrected chi connectivity index (χ4v) is 3.80. The van der Waals surface area contributed by atoms with E-state index in [0.717, 1.165) is 32.2 Å². The lowest BCUT2D eigenvalue weighted by molar-refractivity contribution is -0.135. The summed E-state index contributed by atoms with van der Waals surface area (Å²) in [4.78, 5) is 39.1. The van der Waals surface area contributed by atoms with Crippen LogP contribution in [0.3, 0.4) is 0 Å². The van der Waals surface area contributed by atoms with Crippen molar-refractivity contribution in [3.05, 3.63) is 29.8 Å². The molecule has 1 aliphatic heterocycles. The molecule has 1 aromatic carbocycles. The molecule has 2 amide bonds. The molecule has 2 rings (SSSR count). The van der Waals surface area contributed by atoms with Crippen LogP contribution in [0, 0.1) is 5.92 Å². The standard InChI is InChI=1S/C24H36N2O4/c1-3-4-5-6-16-25-24(29)20-9-8-17-26(18-20)23(28)11-7-10-22(27)19-12-14-21(30-2)15-13-19/h12-15,20H,3-11,16-18H2,1-2H3,(H,25,29). The number of nitrogens with zero attached hydrogens (tertiary/aromatic N) is 1. The quantitative estimate of drug-likeness (QED) is 0.413. The van der Waals surface area contributed by atoms with E-state index in [1.54, 1.807) is 36.3 Å². The smallest absolute Gasteiger partial charge is 0.224 e. The first-order valence-electron chi connectivity index (χ1n) is 11.3. The van der Waals surface area contributed by atoms with Gasteiger partial charge in [-0.1, -0.05) is 26.2 Å². The molecule has 1 fully saturated rings. The SMILES string of the molecule is CCCCCCNC(=O)C1CCCN(C(=O)CCCC(=O)c2ccc(OC)cc2)C1. The Morgan fingerprint density at radius 2 is 1.83 bits per heavy atom. The molecule has 1 atom stereocenters. The number of rotatable bonds is 12. The number of hydrogen-bond acceptors (Lipinski definition) is 4. The minimum Gasteiger partial charge on any atom is -0.497 e. The van der Waals surface area contributed by atoms with Crippen LogP contribution in [0.15, 0.2) is 24.3 Å². The largest absolute Gasteiger partial charge is 0.497 e. The maximum absolute atomic E-state index is 12.6. The maximum Gasteiger partial charge on any atom is 0.224 e. The predicted molar refractivity (Wildman–Crippen MR) is 118 cm³/mol. The topological polar surface area (TPSA) is 75.7 Å². The van der Waals surface area contributed by atoms with Crippen LogP contribution in [0.25, 0.3) is 0 Å². The predicted octanol–water partition coefficient (Wildman–Crippen LogP) is 3.98. The number of piperidine rings is 1. The molecule has 6 heteroatoms. The molecular formula is C24H36N2O4. The van der Waals surface area contributed by atoms with Crippen LogP contribution in [0.5, 0.6) is 5.75 Å². The number of Topliss-reactive ketones (excluding diaryl/α,β-unsaturated/α-hetero) is 1. The monoisotopic (exact) mass is 416 g/mol. The Bertz CT molecular complexity index is 687. The second kappa shape index (κ2) is 13.0. The van der Waals surface area contributed by atoms with E-state index >= 15 is 0 Å². The summed E-state index contributed by atoms with van der Waals surface area (Å²) in [5.41, 5.74) is 0.636. The summed E-state index contributed by atoms with van der Waals surface area (Å²) in [5.74, 6) is 0.738. The highest BCUT2D eigenvalue weighted by Crippen LogP contribution is 2.19. The number of amides is 2. The summed E-state index contributed by atoms with van der Waals surface area (Å²) in [6, 6.07) is 7.03. The average Bonchev–Trinajstić information content (AvgIpc) is 2.78. The van der Waals surface area contributed by atoms with Crippen molar-refractivity contribution < 1.29 is 19.1 Å². The van der Waals surface area contributed by atoms with E-state index < -0.39 is 0 Å². The van der Waals surface area contributed by atoms with E-state index in [1.807, 2.05) is 0 Å². The Morgan fingerprint density at radius 1 is 1.07 bits per heavy atom. The van der Waals surface area contributed by atoms with Gasteiger partial charge in [0, 0.05) is 38.0 Å². The summed E-state index contributed by atoms with van der Waals surface area (Å²) >= 11 is 0. The number of benzene rings is 1. The lowest BCUT2D eigenvalue weighted by Gasteiger charge is -2.32. The lowest BCUT2D eigenvalue weighted by atomic mass is 9.96. The lowest BCUT2D eigenvalue weighted by Crippen LogP contribution is -2.45. The minimum absolute atomic E-state index is 0.0319. The third kappa shape index (κ3) is 7.81. The first-order valence-corrected chi connectivity index (χ1v) is 11.3. The van der Waals surface area contributed by atoms with Gasteiger partial charge in [-0.15, -0.1) is 0 Å². The van der Waals surface area contributed by atoms with Crippen LogP contribution in [-0.4, -0.2) is 49.2 Å². The highest BCUT2D eigenvalue weighted by atomic mass is 16.5. The third-order valence-corrected chi connectivity index (χ3v) is 5.68. The van der Waals surface area contributed by atoms with E-state index in [0.29, 0.717) is 43.7 Å². The second-order valence-corrected chi connectivity index (χ2v) is 8.04. The number of hydrogen-bond donors (Lipinski definition) is 1. The van der Waals surface area contributed by atoms with Gasteiger partial charge in [0.25, 0.3) is 0 Å². The fraction of sp³-hybridized carbons (Fsp3) is 0.625. The number of nitrogens with one attached hydrogen (secondary N) is 1. The molecule has 1 N–H and O–H groups in total. The van der Waals surface area contributed by atoms with E-state index in [1.165, 1.54) is 12.8 Å². The number of ketones is 1. The van der Waals surface area contributed by atoms with Gasteiger partial charge in [-0.3, -0.25) is 14.4 Å². The van der Waals surface area contributed by atoms with Gasteiger partial charge in [-0.25, -0.2) is 0 Å². The van der Waals surface area contributed by atoms with E-state index in [-0.39, 0.29) is 23.5 Å². The summed E-state index contributed by atoms with van der Waals surface area (Å²) < 4.78 is 5.10. The number of methoxy groups -OCH3 is 1. The van der Waals surface area contributed by atoms with Crippen LogP contribution in [0.4, 0.5) is 0 Å². The van der Waals surface area contributed by atoms with Gasteiger partial charge < -0.3 is 15.0 Å². The van der Waals surface area contributed by atoms with Crippen molar-refractivity contribution in [3.63, 3.8) is 0 Å². The van der Waals surface area contributed by atoms with Gasteiger partial charge >= 0.3 is 0 Å². The zero-order chi connectivity index (χ0) is 21.8. The van der Waals surface area contributed by atoms with Crippen LogP contribution >= 0.6 is 0 Å². The highest BCUT2D eigenvalue weighted by molar-refractivity contribution is 5.96. The summed E-state index contributed by atoms with van der Waals surface area (Å²) in [7, 11) is 1.59. The summed E-state index contributed by atoms with van der Waals surface area (Å²) in [6.45, 7) is 4.08. The van der Waals surface area contributed by atoms with Crippen molar-refractivity contribution >= 4 is 17.6 Å². The van der Waals surface area contributed by atoms with Gasteiger partial charge in [0.1, 0.15) is 5.75 Å². The van der Waals surface area contributed by atoms with E-state index in [2.05, 4.69) is 12.2 Å². The number of unbranched alkanes of at least 4 members (excludes halogenated alkanes) is 3. The molecule has 0 bridgehead atoms. The van der Waals surface area contributed by atoms with Crippen molar-refractivity contribution in [1.29, 1.82) is 0 Å². The molecule has 1 saturated heterocycles. The highest BCUT2D eigenvalue weighted by Gasteiger charge is 2.28. The van der Waals surface area contributed by atoms with Crippen molar-refractivity contribution in [1.82, 2.24) is 10.2 Å². The molecule has 6 nitrogen and oxygen atoms in total. The molecule has 0 aromatic heterocycles. The minimum atomic E-state index is -0.116. The Kier molecular flexibility index (Phi) is 10.4. The Balaban J connectivity index is 1.70. The molecule has 1 unspecified atom stereocenters. The number of likely N-dealkylation sites (tertiary alicyclic amines) is 1. The zero-order valence-corrected chi connectivity index (χ0v) is 18.5. The van der Waals surface area contributed by atoms with E-state index in [9.17, 15) is 14.4 Å². The molecule has 30 heavy (non-hydrogen) atoms. The Hall–Kier alpha value is -2.37. The zero-order valence-electron chi connectivity index (χ0n) is 18.5. The number of ether oxygens (including phenoxy) is 1. The van der Waals surface area contributed by atoms with Crippen LogP contribution < -0.4 is 10.1 Å². The van der Waals surface area contributed by atoms with Gasteiger partial charge in [-0.05, 0) is 49.9 Å². The van der Waals surface area contributed by atoms with Crippen LogP contribution in [0.2, 0.25) is 0 Å². The molecule has 0 spiro atoms. The van der Waals surface area contributed by atoms with Crippen LogP contribution in [0.1, 0.15) is 75.1 Å². The van der Waals surface area contributed by atoms with Gasteiger partial charge in [0.2, 0.25) is 11.8 Å². The Labute approximate surface area is 180 Å². The molecule has 166 valence electrons. The average molecular weight is 417 g/mol. The van der Waals surface area contributed by atoms with Crippen molar-refractivity contribution in [2.75, 3.05) is 26.7 Å². The van der Waals surface area contributed by atoms with Gasteiger partial charge in [-0.2, -0.15) is 0 Å². The van der Waals surface area contributed by atoms with Gasteiger partial charge in [0.05, 0.1) is 13.0 Å². The number of carbonyl (C=O) groups excluding carboxylic acids is 3. The van der Waals surface area contributed by atoms with Crippen molar-refractivity contribution in [3.8, 4) is 5.75 Å². The van der Waals surface area contributed by atoms with E-state index in [4.69, 9.17) is 4.74 Å². The number of carbonyl (C=O) groups is 3. The summed E-state index contributed by atoms with van der Waals surface area (Å²) in [5, 5.41) is 3.02. The molecule has 0 radical (unpaired) electrons. The molecule has 0 aliphatic carbocycles. The fourth-order valence-electron chi connectivity index (χ4n) is 3.80.